The summed E-state index contributed by atoms with van der Waals surface area (Å²) in [5, 5.41) is 15.2. The fourth-order valence-electron chi connectivity index (χ4n) is 2.25. The Morgan fingerprint density at radius 3 is 2.58 bits per heavy atom. The zero-order valence-electron chi connectivity index (χ0n) is 14.4. The molecule has 2 aromatic rings. The number of pyridine rings is 1. The quantitative estimate of drug-likeness (QED) is 0.429. The van der Waals surface area contributed by atoms with Gasteiger partial charge in [0.15, 0.2) is 0 Å². The van der Waals surface area contributed by atoms with Gasteiger partial charge in [0.2, 0.25) is 10.0 Å². The minimum absolute atomic E-state index is 0.0840. The first-order valence-corrected chi connectivity index (χ1v) is 9.32. The van der Waals surface area contributed by atoms with Gasteiger partial charge in [-0.3, -0.25) is 20.5 Å². The third-order valence-electron chi connectivity index (χ3n) is 3.58. The van der Waals surface area contributed by atoms with E-state index in [1.165, 1.54) is 22.7 Å². The normalized spacial score (nSPS) is 11.8. The standard InChI is InChI=1S/C16H19N5O4S/c1-3-20(4-2)26(24,25)14-8-9-15(16(11-14)21(22)23)19-18-12-13-7-5-6-10-17-13/h5-12,19H,3-4H2,1-2H3/b18-12-. The van der Waals surface area contributed by atoms with E-state index >= 15 is 0 Å². The number of hydrazone groups is 1. The van der Waals surface area contributed by atoms with E-state index in [0.29, 0.717) is 5.69 Å². The second-order valence-electron chi connectivity index (χ2n) is 5.15. The van der Waals surface area contributed by atoms with E-state index in [1.54, 1.807) is 38.2 Å². The lowest BCUT2D eigenvalue weighted by atomic mass is 10.3. The van der Waals surface area contributed by atoms with Gasteiger partial charge < -0.3 is 0 Å². The fourth-order valence-corrected chi connectivity index (χ4v) is 3.73. The Labute approximate surface area is 151 Å². The molecule has 1 heterocycles. The Hall–Kier alpha value is -2.85. The van der Waals surface area contributed by atoms with E-state index in [9.17, 15) is 18.5 Å². The van der Waals surface area contributed by atoms with Gasteiger partial charge in [-0.15, -0.1) is 0 Å². The van der Waals surface area contributed by atoms with Crippen LogP contribution in [0.3, 0.4) is 0 Å². The third-order valence-corrected chi connectivity index (χ3v) is 5.62. The Morgan fingerprint density at radius 2 is 2.00 bits per heavy atom. The predicted molar refractivity (Wildman–Crippen MR) is 98.7 cm³/mol. The number of hydrogen-bond donors (Lipinski definition) is 1. The first-order chi connectivity index (χ1) is 12.4. The van der Waals surface area contributed by atoms with Crippen molar-refractivity contribution in [3.63, 3.8) is 0 Å². The first-order valence-electron chi connectivity index (χ1n) is 7.88. The Morgan fingerprint density at radius 1 is 1.27 bits per heavy atom. The molecule has 0 fully saturated rings. The lowest BCUT2D eigenvalue weighted by Gasteiger charge is -2.18. The molecule has 0 aliphatic heterocycles. The summed E-state index contributed by atoms with van der Waals surface area (Å²) in [5.41, 5.74) is 2.84. The molecular weight excluding hydrogens is 358 g/mol. The molecule has 1 aromatic heterocycles. The van der Waals surface area contributed by atoms with Crippen LogP contribution in [0.2, 0.25) is 0 Å². The van der Waals surface area contributed by atoms with E-state index in [-0.39, 0.29) is 29.4 Å². The molecule has 0 atom stereocenters. The van der Waals surface area contributed by atoms with Crippen molar-refractivity contribution in [3.05, 3.63) is 58.4 Å². The minimum Gasteiger partial charge on any atom is -0.272 e. The molecule has 0 spiro atoms. The van der Waals surface area contributed by atoms with Gasteiger partial charge in [0.1, 0.15) is 5.69 Å². The number of anilines is 1. The van der Waals surface area contributed by atoms with Crippen molar-refractivity contribution in [2.75, 3.05) is 18.5 Å². The summed E-state index contributed by atoms with van der Waals surface area (Å²) >= 11 is 0. The second-order valence-corrected chi connectivity index (χ2v) is 7.09. The van der Waals surface area contributed by atoms with E-state index in [0.717, 1.165) is 6.07 Å². The van der Waals surface area contributed by atoms with Crippen LogP contribution in [0, 0.1) is 10.1 Å². The van der Waals surface area contributed by atoms with E-state index in [2.05, 4.69) is 15.5 Å². The Kier molecular flexibility index (Phi) is 6.36. The summed E-state index contributed by atoms with van der Waals surface area (Å²) in [6.45, 7) is 3.97. The molecular formula is C16H19N5O4S. The molecule has 0 unspecified atom stereocenters. The minimum atomic E-state index is -3.78. The van der Waals surface area contributed by atoms with Crippen LogP contribution in [0.25, 0.3) is 0 Å². The summed E-state index contributed by atoms with van der Waals surface area (Å²) in [5.74, 6) is 0. The lowest BCUT2D eigenvalue weighted by Crippen LogP contribution is -2.30. The van der Waals surface area contributed by atoms with Gasteiger partial charge in [0.25, 0.3) is 5.69 Å². The van der Waals surface area contributed by atoms with Crippen LogP contribution in [-0.4, -0.2) is 41.9 Å². The molecule has 9 nitrogen and oxygen atoms in total. The molecule has 10 heteroatoms. The van der Waals surface area contributed by atoms with Gasteiger partial charge in [0.05, 0.1) is 21.7 Å². The highest BCUT2D eigenvalue weighted by molar-refractivity contribution is 7.89. The molecule has 0 radical (unpaired) electrons. The number of rotatable bonds is 8. The zero-order chi connectivity index (χ0) is 19.2. The van der Waals surface area contributed by atoms with E-state index in [1.807, 2.05) is 0 Å². The number of benzene rings is 1. The van der Waals surface area contributed by atoms with Gasteiger partial charge >= 0.3 is 0 Å². The zero-order valence-corrected chi connectivity index (χ0v) is 15.2. The Balaban J connectivity index is 2.32. The van der Waals surface area contributed by atoms with Crippen molar-refractivity contribution in [2.24, 2.45) is 5.10 Å². The van der Waals surface area contributed by atoms with Gasteiger partial charge in [-0.05, 0) is 24.3 Å². The highest BCUT2D eigenvalue weighted by Crippen LogP contribution is 2.29. The van der Waals surface area contributed by atoms with Crippen molar-refractivity contribution in [1.82, 2.24) is 9.29 Å². The molecule has 0 saturated heterocycles. The van der Waals surface area contributed by atoms with Crippen LogP contribution in [0.15, 0.2) is 52.6 Å². The summed E-state index contributed by atoms with van der Waals surface area (Å²) in [6.07, 6.45) is 3.00. The Bertz CT molecular complexity index is 896. The number of nitrogens with one attached hydrogen (secondary N) is 1. The van der Waals surface area contributed by atoms with Crippen molar-refractivity contribution in [3.8, 4) is 0 Å². The van der Waals surface area contributed by atoms with Crippen molar-refractivity contribution >= 4 is 27.6 Å². The van der Waals surface area contributed by atoms with Gasteiger partial charge in [-0.25, -0.2) is 8.42 Å². The molecule has 138 valence electrons. The van der Waals surface area contributed by atoms with Crippen molar-refractivity contribution < 1.29 is 13.3 Å². The molecule has 0 bridgehead atoms. The molecule has 1 N–H and O–H groups in total. The third kappa shape index (κ3) is 4.41. The molecule has 26 heavy (non-hydrogen) atoms. The van der Waals surface area contributed by atoms with Crippen LogP contribution in [0.5, 0.6) is 0 Å². The molecule has 0 aliphatic carbocycles. The van der Waals surface area contributed by atoms with Crippen molar-refractivity contribution in [2.45, 2.75) is 18.7 Å². The maximum atomic E-state index is 12.5. The molecule has 2 rings (SSSR count). The first kappa shape index (κ1) is 19.5. The van der Waals surface area contributed by atoms with E-state index in [4.69, 9.17) is 0 Å². The van der Waals surface area contributed by atoms with Crippen LogP contribution in [0.1, 0.15) is 19.5 Å². The summed E-state index contributed by atoms with van der Waals surface area (Å²) in [7, 11) is -3.78. The molecule has 1 aromatic carbocycles. The summed E-state index contributed by atoms with van der Waals surface area (Å²) in [6, 6.07) is 8.93. The SMILES string of the molecule is CCN(CC)S(=O)(=O)c1ccc(N/N=C\c2ccccn2)c([N+](=O)[O-])c1. The molecule has 0 aliphatic rings. The number of nitro benzene ring substituents is 1. The maximum absolute atomic E-state index is 12.5. The van der Waals surface area contributed by atoms with E-state index < -0.39 is 14.9 Å². The topological polar surface area (TPSA) is 118 Å². The largest absolute Gasteiger partial charge is 0.295 e. The van der Waals surface area contributed by atoms with Crippen LogP contribution in [-0.2, 0) is 10.0 Å². The smallest absolute Gasteiger partial charge is 0.272 e. The number of hydrogen-bond acceptors (Lipinski definition) is 7. The van der Waals surface area contributed by atoms with Gasteiger partial charge in [0, 0.05) is 25.4 Å². The maximum Gasteiger partial charge on any atom is 0.295 e. The predicted octanol–water partition coefficient (Wildman–Crippen LogP) is 2.47. The number of nitrogens with zero attached hydrogens (tertiary/aromatic N) is 4. The number of sulfonamides is 1. The number of aromatic nitrogens is 1. The van der Waals surface area contributed by atoms with Crippen LogP contribution < -0.4 is 5.43 Å². The highest BCUT2D eigenvalue weighted by Gasteiger charge is 2.25. The monoisotopic (exact) mass is 377 g/mol. The van der Waals surface area contributed by atoms with Crippen LogP contribution in [0.4, 0.5) is 11.4 Å². The number of nitro groups is 1. The van der Waals surface area contributed by atoms with Gasteiger partial charge in [-0.2, -0.15) is 9.41 Å². The van der Waals surface area contributed by atoms with Gasteiger partial charge in [-0.1, -0.05) is 19.9 Å². The lowest BCUT2D eigenvalue weighted by molar-refractivity contribution is -0.384. The average molecular weight is 377 g/mol. The second kappa shape index (κ2) is 8.50. The molecule has 0 saturated carbocycles. The summed E-state index contributed by atoms with van der Waals surface area (Å²) in [4.78, 5) is 14.6. The highest BCUT2D eigenvalue weighted by atomic mass is 32.2. The molecule has 0 amide bonds. The average Bonchev–Trinajstić information content (AvgIpc) is 2.63. The summed E-state index contributed by atoms with van der Waals surface area (Å²) < 4.78 is 26.3. The van der Waals surface area contributed by atoms with Crippen molar-refractivity contribution in [1.29, 1.82) is 0 Å². The van der Waals surface area contributed by atoms with Crippen LogP contribution >= 0.6 is 0 Å². The fraction of sp³-hybridized carbons (Fsp3) is 0.250.